The molecule has 0 unspecified atom stereocenters. The van der Waals surface area contributed by atoms with Gasteiger partial charge in [-0.1, -0.05) is 145 Å². The van der Waals surface area contributed by atoms with Crippen LogP contribution in [-0.2, 0) is 0 Å². The molecule has 0 heteroatoms. The Labute approximate surface area is 263 Å². The van der Waals surface area contributed by atoms with Gasteiger partial charge in [-0.2, -0.15) is 0 Å². The standard InChI is InChI=1S/C40H26/c1-2-13-29(14-3-1)34-19-10-20-37-38(32-23-21-27-11-4-6-15-30(27)25-32)35-17-8-9-18-36(35)39(40(34)37)33-24-22-28-12-5-7-16-31(28)26-33/h1-26H/i4D,5D,6D,7D,8D,9D,10D,11D,12D,15D,16D,17D,18D,19D,20D,21D,22D,23D,24D,25D,26D. The topological polar surface area (TPSA) is 0 Å². The third kappa shape index (κ3) is 3.61. The molecule has 0 aliphatic heterocycles. The Kier molecular flexibility index (Phi) is 2.32. The van der Waals surface area contributed by atoms with Gasteiger partial charge in [0.1, 0.15) is 0 Å². The summed E-state index contributed by atoms with van der Waals surface area (Å²) < 4.78 is 188. The van der Waals surface area contributed by atoms with Crippen molar-refractivity contribution in [2.75, 3.05) is 0 Å². The Morgan fingerprint density at radius 1 is 0.375 bits per heavy atom. The van der Waals surface area contributed by atoms with Crippen LogP contribution in [0, 0.1) is 0 Å². The summed E-state index contributed by atoms with van der Waals surface area (Å²) in [4.78, 5) is 0. The van der Waals surface area contributed by atoms with Gasteiger partial charge in [0.05, 0.1) is 28.8 Å². The Morgan fingerprint density at radius 3 is 1.55 bits per heavy atom. The van der Waals surface area contributed by atoms with E-state index < -0.39 is 187 Å². The second kappa shape index (κ2) is 9.22. The van der Waals surface area contributed by atoms with Gasteiger partial charge >= 0.3 is 0 Å². The van der Waals surface area contributed by atoms with Crippen LogP contribution in [-0.4, -0.2) is 0 Å². The predicted octanol–water partition coefficient (Wildman–Crippen LogP) is 11.3. The molecule has 0 amide bonds. The molecule has 0 aliphatic carbocycles. The minimum atomic E-state index is -0.875. The fourth-order valence-corrected chi connectivity index (χ4v) is 4.92. The van der Waals surface area contributed by atoms with Crippen molar-refractivity contribution in [1.82, 2.24) is 0 Å². The molecule has 8 aromatic carbocycles. The van der Waals surface area contributed by atoms with E-state index in [9.17, 15) is 11.0 Å². The maximum Gasteiger partial charge on any atom is 0.0636 e. The van der Waals surface area contributed by atoms with Crippen molar-refractivity contribution in [3.8, 4) is 33.4 Å². The molecule has 0 atom stereocenters. The van der Waals surface area contributed by atoms with Crippen LogP contribution in [0.25, 0.3) is 76.5 Å². The quantitative estimate of drug-likeness (QED) is 0.200. The Hall–Kier alpha value is -5.20. The molecule has 40 heavy (non-hydrogen) atoms. The summed E-state index contributed by atoms with van der Waals surface area (Å²) in [7, 11) is 0. The predicted molar refractivity (Wildman–Crippen MR) is 173 cm³/mol. The van der Waals surface area contributed by atoms with Crippen molar-refractivity contribution in [3.05, 3.63) is 157 Å². The SMILES string of the molecule is [2H]c1c([2H])c([2H])c2c([2H])c(-c3c4c([2H])c([2H])c([2H])c([2H])c4c(-c4c([2H])c([2H])c5c([2H])c([2H])c([2H])c([2H])c5c4[2H])c4c(-c5ccccc5)c([2H])c([2H])c([2H])c34)c([2H])c([2H])c2c1[2H]. The molecule has 0 fully saturated rings. The highest BCUT2D eigenvalue weighted by atomic mass is 14.2. The second-order valence-electron chi connectivity index (χ2n) is 8.87. The van der Waals surface area contributed by atoms with Crippen LogP contribution in [0.1, 0.15) is 28.8 Å². The highest BCUT2D eigenvalue weighted by Crippen LogP contribution is 2.47. The molecule has 0 aliphatic rings. The molecule has 0 radical (unpaired) electrons. The van der Waals surface area contributed by atoms with Gasteiger partial charge in [0.25, 0.3) is 0 Å². The van der Waals surface area contributed by atoms with E-state index in [4.69, 9.17) is 17.8 Å². The van der Waals surface area contributed by atoms with Gasteiger partial charge < -0.3 is 0 Å². The van der Waals surface area contributed by atoms with Gasteiger partial charge in [-0.05, 0) is 88.6 Å². The van der Waals surface area contributed by atoms with Crippen LogP contribution >= 0.6 is 0 Å². The van der Waals surface area contributed by atoms with Gasteiger partial charge in [0.2, 0.25) is 0 Å². The van der Waals surface area contributed by atoms with Crippen molar-refractivity contribution in [2.45, 2.75) is 0 Å². The average Bonchev–Trinajstić information content (AvgIpc) is 3.24. The molecule has 0 bridgehead atoms. The minimum Gasteiger partial charge on any atom is -0.0622 e. The number of benzene rings is 8. The van der Waals surface area contributed by atoms with Crippen LogP contribution in [0.2, 0.25) is 0 Å². The van der Waals surface area contributed by atoms with E-state index in [2.05, 4.69) is 0 Å². The number of hydrogen-bond donors (Lipinski definition) is 0. The lowest BCUT2D eigenvalue weighted by atomic mass is 9.82. The minimum absolute atomic E-state index is 0.177. The van der Waals surface area contributed by atoms with Crippen LogP contribution in [0.15, 0.2) is 157 Å². The zero-order chi connectivity index (χ0) is 44.7. The fourth-order valence-electron chi connectivity index (χ4n) is 4.92. The summed E-state index contributed by atoms with van der Waals surface area (Å²) in [6.07, 6.45) is 0. The van der Waals surface area contributed by atoms with E-state index in [1.54, 1.807) is 18.2 Å². The lowest BCUT2D eigenvalue weighted by Gasteiger charge is -2.21. The lowest BCUT2D eigenvalue weighted by molar-refractivity contribution is 1.64. The maximum atomic E-state index is 9.57. The molecule has 0 saturated carbocycles. The van der Waals surface area contributed by atoms with Crippen molar-refractivity contribution < 1.29 is 28.8 Å². The summed E-state index contributed by atoms with van der Waals surface area (Å²) in [5.74, 6) is 0. The molecular formula is C40H26. The van der Waals surface area contributed by atoms with Crippen LogP contribution in [0.4, 0.5) is 0 Å². The van der Waals surface area contributed by atoms with Crippen molar-refractivity contribution in [3.63, 3.8) is 0 Å². The largest absolute Gasteiger partial charge is 0.0636 e. The smallest absolute Gasteiger partial charge is 0.0622 e. The average molecular weight is 528 g/mol. The first-order valence-corrected chi connectivity index (χ1v) is 12.2. The molecule has 8 aromatic rings. The summed E-state index contributed by atoms with van der Waals surface area (Å²) in [5.41, 5.74) is -2.25. The zero-order valence-electron chi connectivity index (χ0n) is 41.4. The van der Waals surface area contributed by atoms with Gasteiger partial charge in [-0.3, -0.25) is 0 Å². The normalized spacial score (nSPS) is 18.9. The summed E-state index contributed by atoms with van der Waals surface area (Å²) in [5, 5.41) is -3.96. The molecule has 0 saturated heterocycles. The zero-order valence-corrected chi connectivity index (χ0v) is 20.4. The first-order valence-electron chi connectivity index (χ1n) is 22.7. The van der Waals surface area contributed by atoms with Gasteiger partial charge in [-0.25, -0.2) is 0 Å². The molecular weight excluding hydrogens is 480 g/mol. The summed E-state index contributed by atoms with van der Waals surface area (Å²) in [6.45, 7) is 0. The number of rotatable bonds is 3. The van der Waals surface area contributed by atoms with E-state index in [0.717, 1.165) is 0 Å². The maximum absolute atomic E-state index is 9.57. The van der Waals surface area contributed by atoms with Gasteiger partial charge in [-0.15, -0.1) is 0 Å². The summed E-state index contributed by atoms with van der Waals surface area (Å²) >= 11 is 0. The number of fused-ring (bicyclic) bond motifs is 4. The van der Waals surface area contributed by atoms with Gasteiger partial charge in [0.15, 0.2) is 0 Å². The fraction of sp³-hybridized carbons (Fsp3) is 0. The highest BCUT2D eigenvalue weighted by molar-refractivity contribution is 6.25. The van der Waals surface area contributed by atoms with Crippen LogP contribution < -0.4 is 0 Å². The Balaban J connectivity index is 1.83. The van der Waals surface area contributed by atoms with Crippen molar-refractivity contribution in [2.24, 2.45) is 0 Å². The summed E-state index contributed by atoms with van der Waals surface area (Å²) in [6, 6.07) is -8.73. The first kappa shape index (κ1) is 10.1. The molecule has 0 nitrogen and oxygen atoms in total. The molecule has 0 spiro atoms. The van der Waals surface area contributed by atoms with E-state index in [0.29, 0.717) is 0 Å². The molecule has 0 N–H and O–H groups in total. The van der Waals surface area contributed by atoms with E-state index >= 15 is 0 Å². The van der Waals surface area contributed by atoms with Gasteiger partial charge in [0, 0.05) is 0 Å². The molecule has 0 heterocycles. The van der Waals surface area contributed by atoms with E-state index in [1.807, 2.05) is 0 Å². The molecule has 186 valence electrons. The third-order valence-corrected chi connectivity index (χ3v) is 6.62. The van der Waals surface area contributed by atoms with Crippen molar-refractivity contribution >= 4 is 43.1 Å². The van der Waals surface area contributed by atoms with E-state index in [-0.39, 0.29) is 16.5 Å². The first-order chi connectivity index (χ1) is 28.6. The van der Waals surface area contributed by atoms with Crippen LogP contribution in [0.5, 0.6) is 0 Å². The Bertz CT molecular complexity index is 3360. The van der Waals surface area contributed by atoms with Crippen molar-refractivity contribution in [1.29, 1.82) is 0 Å². The van der Waals surface area contributed by atoms with Crippen LogP contribution in [0.3, 0.4) is 0 Å². The highest BCUT2D eigenvalue weighted by Gasteiger charge is 2.20. The molecule has 8 rings (SSSR count). The second-order valence-corrected chi connectivity index (χ2v) is 8.87. The number of hydrogen-bond acceptors (Lipinski definition) is 0. The van der Waals surface area contributed by atoms with E-state index in [1.165, 1.54) is 12.1 Å². The molecule has 0 aromatic heterocycles. The Morgan fingerprint density at radius 2 is 0.900 bits per heavy atom. The monoisotopic (exact) mass is 527 g/mol. The third-order valence-electron chi connectivity index (χ3n) is 6.62. The lowest BCUT2D eigenvalue weighted by Crippen LogP contribution is -1.93.